The highest BCUT2D eigenvalue weighted by molar-refractivity contribution is 8.26. The molecule has 4 rings (SSSR count). The Hall–Kier alpha value is -3.01. The van der Waals surface area contributed by atoms with E-state index in [0.717, 1.165) is 22.2 Å². The first-order chi connectivity index (χ1) is 15.0. The maximum Gasteiger partial charge on any atom is 0.337 e. The largest absolute Gasteiger partial charge is 0.478 e. The summed E-state index contributed by atoms with van der Waals surface area (Å²) in [6.45, 7) is 0. The Morgan fingerprint density at radius 2 is 1.90 bits per heavy atom. The molecule has 3 aromatic rings. The van der Waals surface area contributed by atoms with E-state index in [-0.39, 0.29) is 21.5 Å². The molecule has 1 aliphatic heterocycles. The fourth-order valence-electron chi connectivity index (χ4n) is 3.00. The third-order valence-electron chi connectivity index (χ3n) is 4.46. The normalized spacial score (nSPS) is 15.0. The van der Waals surface area contributed by atoms with Crippen LogP contribution in [0.25, 0.3) is 17.4 Å². The number of furan rings is 1. The summed E-state index contributed by atoms with van der Waals surface area (Å²) < 4.78 is 6.22. The van der Waals surface area contributed by atoms with Crippen LogP contribution < -0.4 is 5.43 Å². The van der Waals surface area contributed by atoms with E-state index >= 15 is 0 Å². The van der Waals surface area contributed by atoms with E-state index in [9.17, 15) is 14.7 Å². The Morgan fingerprint density at radius 3 is 2.68 bits per heavy atom. The molecule has 0 bridgehead atoms. The smallest absolute Gasteiger partial charge is 0.337 e. The lowest BCUT2D eigenvalue weighted by Gasteiger charge is -2.18. The maximum absolute atomic E-state index is 12.9. The minimum absolute atomic E-state index is 0.0451. The number of rotatable bonds is 6. The van der Waals surface area contributed by atoms with E-state index in [1.165, 1.54) is 11.1 Å². The predicted octanol–water partition coefficient (Wildman–Crippen LogP) is 5.60. The number of thiocarbonyl (C=S) groups is 1. The number of carbonyl (C=O) groups is 2. The minimum Gasteiger partial charge on any atom is -0.478 e. The van der Waals surface area contributed by atoms with Crippen LogP contribution in [0.2, 0.25) is 0 Å². The average molecular weight is 469 g/mol. The first-order valence-electron chi connectivity index (χ1n) is 9.08. The highest BCUT2D eigenvalue weighted by atomic mass is 32.2. The zero-order valence-electron chi connectivity index (χ0n) is 16.2. The van der Waals surface area contributed by atoms with Gasteiger partial charge in [-0.25, -0.2) is 9.80 Å². The van der Waals surface area contributed by atoms with Gasteiger partial charge in [-0.2, -0.15) is 0 Å². The summed E-state index contributed by atoms with van der Waals surface area (Å²) in [6.07, 6.45) is 3.64. The van der Waals surface area contributed by atoms with Gasteiger partial charge >= 0.3 is 5.97 Å². The molecule has 1 amide bonds. The van der Waals surface area contributed by atoms with Gasteiger partial charge in [-0.05, 0) is 48.8 Å². The van der Waals surface area contributed by atoms with E-state index in [0.29, 0.717) is 16.4 Å². The minimum atomic E-state index is -1.10. The number of carbonyl (C=O) groups excluding carboxylic acids is 1. The van der Waals surface area contributed by atoms with Gasteiger partial charge in [-0.15, -0.1) is 11.8 Å². The van der Waals surface area contributed by atoms with Crippen LogP contribution >= 0.6 is 35.7 Å². The Bertz CT molecular complexity index is 1220. The van der Waals surface area contributed by atoms with Gasteiger partial charge in [-0.1, -0.05) is 42.1 Å². The van der Waals surface area contributed by atoms with Crippen molar-refractivity contribution >= 4 is 63.7 Å². The van der Waals surface area contributed by atoms with E-state index < -0.39 is 5.97 Å². The second-order valence-corrected chi connectivity index (χ2v) is 8.91. The zero-order valence-corrected chi connectivity index (χ0v) is 18.6. The first-order valence-corrected chi connectivity index (χ1v) is 11.5. The van der Waals surface area contributed by atoms with Crippen molar-refractivity contribution in [3.8, 4) is 11.3 Å². The summed E-state index contributed by atoms with van der Waals surface area (Å²) >= 11 is 8.07. The number of hydrogen-bond acceptors (Lipinski definition) is 7. The number of thioether (sulfide) groups is 2. The molecule has 1 saturated heterocycles. The molecule has 156 valence electrons. The van der Waals surface area contributed by atoms with Crippen LogP contribution in [-0.4, -0.2) is 32.6 Å². The quantitative estimate of drug-likeness (QED) is 0.275. The molecule has 6 nitrogen and oxygen atoms in total. The highest BCUT2D eigenvalue weighted by Gasteiger charge is 2.33. The van der Waals surface area contributed by atoms with Gasteiger partial charge < -0.3 is 9.52 Å². The molecule has 2 N–H and O–H groups in total. The van der Waals surface area contributed by atoms with E-state index in [2.05, 4.69) is 5.43 Å². The van der Waals surface area contributed by atoms with Crippen molar-refractivity contribution in [2.75, 3.05) is 11.7 Å². The number of hydrazine groups is 1. The fraction of sp³-hybridized carbons (Fsp3) is 0.0455. The van der Waals surface area contributed by atoms with Crippen molar-refractivity contribution in [3.05, 3.63) is 76.9 Å². The molecule has 0 aliphatic carbocycles. The lowest BCUT2D eigenvalue weighted by Crippen LogP contribution is -2.34. The summed E-state index contributed by atoms with van der Waals surface area (Å²) in [5.74, 6) is -0.243. The number of hydrogen-bond donors (Lipinski definition) is 2. The molecular weight excluding hydrogens is 452 g/mol. The summed E-state index contributed by atoms with van der Waals surface area (Å²) in [7, 11) is 0. The summed E-state index contributed by atoms with van der Waals surface area (Å²) in [5.41, 5.74) is 4.12. The van der Waals surface area contributed by atoms with E-state index in [4.69, 9.17) is 16.6 Å². The molecule has 2 aromatic carbocycles. The molecule has 1 aliphatic rings. The fourth-order valence-corrected chi connectivity index (χ4v) is 4.77. The van der Waals surface area contributed by atoms with Crippen molar-refractivity contribution in [2.45, 2.75) is 4.90 Å². The number of para-hydroxylation sites is 1. The van der Waals surface area contributed by atoms with Crippen molar-refractivity contribution < 1.29 is 19.1 Å². The number of nitrogens with zero attached hydrogens (tertiary/aromatic N) is 1. The number of carboxylic acid groups (broad SMARTS) is 1. The van der Waals surface area contributed by atoms with Crippen LogP contribution in [0.3, 0.4) is 0 Å². The topological polar surface area (TPSA) is 82.8 Å². The molecule has 0 spiro atoms. The number of amides is 1. The van der Waals surface area contributed by atoms with Crippen LogP contribution in [-0.2, 0) is 4.79 Å². The van der Waals surface area contributed by atoms with Crippen LogP contribution in [0, 0.1) is 0 Å². The molecule has 0 unspecified atom stereocenters. The standard InChI is InChI=1S/C22H16N2O4S3/c1-30-18-9-5-3-7-15(18)17-11-10-13(28-17)12-19-20(25)24(22(29)31-19)23-16-8-4-2-6-14(16)21(26)27/h2-12,23H,1H3,(H,26,27)/b19-12+. The second-order valence-electron chi connectivity index (χ2n) is 6.38. The zero-order chi connectivity index (χ0) is 22.0. The van der Waals surface area contributed by atoms with Crippen LogP contribution in [0.5, 0.6) is 0 Å². The van der Waals surface area contributed by atoms with E-state index in [1.807, 2.05) is 36.6 Å². The van der Waals surface area contributed by atoms with Gasteiger partial charge in [0.2, 0.25) is 0 Å². The molecule has 1 fully saturated rings. The molecule has 31 heavy (non-hydrogen) atoms. The van der Waals surface area contributed by atoms with Crippen LogP contribution in [0.1, 0.15) is 16.1 Å². The second kappa shape index (κ2) is 9.01. The molecule has 0 saturated carbocycles. The number of anilines is 1. The predicted molar refractivity (Wildman–Crippen MR) is 128 cm³/mol. The Morgan fingerprint density at radius 1 is 1.16 bits per heavy atom. The number of nitrogens with one attached hydrogen (secondary N) is 1. The van der Waals surface area contributed by atoms with Gasteiger partial charge in [0, 0.05) is 16.5 Å². The molecule has 0 radical (unpaired) electrons. The third-order valence-corrected chi connectivity index (χ3v) is 6.55. The molecule has 9 heteroatoms. The average Bonchev–Trinajstić information content (AvgIpc) is 3.34. The highest BCUT2D eigenvalue weighted by Crippen LogP contribution is 2.35. The SMILES string of the molecule is CSc1ccccc1-c1ccc(/C=C2/SC(=S)N(Nc3ccccc3C(=O)O)C2=O)o1. The van der Waals surface area contributed by atoms with Crippen molar-refractivity contribution in [3.63, 3.8) is 0 Å². The van der Waals surface area contributed by atoms with Crippen LogP contribution in [0.15, 0.2) is 74.9 Å². The third kappa shape index (κ3) is 4.39. The Labute approximate surface area is 192 Å². The van der Waals surface area contributed by atoms with Gasteiger partial charge in [0.1, 0.15) is 11.5 Å². The van der Waals surface area contributed by atoms with Gasteiger partial charge in [-0.3, -0.25) is 10.2 Å². The molecular formula is C22H16N2O4S3. The van der Waals surface area contributed by atoms with Gasteiger partial charge in [0.05, 0.1) is 16.2 Å². The van der Waals surface area contributed by atoms with Gasteiger partial charge in [0.25, 0.3) is 5.91 Å². The molecule has 1 aromatic heterocycles. The Balaban J connectivity index is 1.57. The van der Waals surface area contributed by atoms with Gasteiger partial charge in [0.15, 0.2) is 4.32 Å². The summed E-state index contributed by atoms with van der Waals surface area (Å²) in [6, 6.07) is 17.9. The lowest BCUT2D eigenvalue weighted by molar-refractivity contribution is -0.121. The van der Waals surface area contributed by atoms with E-state index in [1.54, 1.807) is 42.1 Å². The van der Waals surface area contributed by atoms with Crippen molar-refractivity contribution in [2.24, 2.45) is 0 Å². The Kier molecular flexibility index (Phi) is 6.17. The first kappa shape index (κ1) is 21.2. The molecule has 0 atom stereocenters. The monoisotopic (exact) mass is 468 g/mol. The lowest BCUT2D eigenvalue weighted by atomic mass is 10.2. The van der Waals surface area contributed by atoms with Crippen molar-refractivity contribution in [1.29, 1.82) is 0 Å². The number of benzene rings is 2. The number of aromatic carboxylic acids is 1. The van der Waals surface area contributed by atoms with Crippen molar-refractivity contribution in [1.82, 2.24) is 5.01 Å². The summed E-state index contributed by atoms with van der Waals surface area (Å²) in [5, 5.41) is 10.5. The maximum atomic E-state index is 12.9. The molecule has 2 heterocycles. The summed E-state index contributed by atoms with van der Waals surface area (Å²) in [4.78, 5) is 25.8. The number of carboxylic acids is 1. The van der Waals surface area contributed by atoms with Crippen LogP contribution in [0.4, 0.5) is 5.69 Å².